The van der Waals surface area contributed by atoms with Crippen molar-refractivity contribution in [2.24, 2.45) is 0 Å². The summed E-state index contributed by atoms with van der Waals surface area (Å²) in [6.45, 7) is 1.64. The average molecular weight is 206 g/mol. The second-order valence-electron chi connectivity index (χ2n) is 4.58. The van der Waals surface area contributed by atoms with Crippen LogP contribution in [0.2, 0.25) is 0 Å². The molecule has 1 aromatic carbocycles. The SMILES string of the molecule is CC(F)c1ccccc1C1CCCCC1. The number of benzene rings is 1. The van der Waals surface area contributed by atoms with Gasteiger partial charge < -0.3 is 0 Å². The molecule has 0 aromatic heterocycles. The van der Waals surface area contributed by atoms with Crippen LogP contribution in [-0.2, 0) is 0 Å². The molecule has 1 heteroatoms. The first-order chi connectivity index (χ1) is 7.29. The standard InChI is InChI=1S/C14H19F/c1-11(15)13-9-5-6-10-14(13)12-7-3-2-4-8-12/h5-6,9-12H,2-4,7-8H2,1H3. The van der Waals surface area contributed by atoms with E-state index in [0.717, 1.165) is 5.56 Å². The van der Waals surface area contributed by atoms with Gasteiger partial charge in [-0.15, -0.1) is 0 Å². The summed E-state index contributed by atoms with van der Waals surface area (Å²) in [7, 11) is 0. The van der Waals surface area contributed by atoms with Crippen molar-refractivity contribution in [1.82, 2.24) is 0 Å². The zero-order valence-corrected chi connectivity index (χ0v) is 9.38. The minimum atomic E-state index is -0.830. The van der Waals surface area contributed by atoms with Crippen molar-refractivity contribution >= 4 is 0 Å². The highest BCUT2D eigenvalue weighted by atomic mass is 19.1. The van der Waals surface area contributed by atoms with Gasteiger partial charge in [0, 0.05) is 0 Å². The number of halogens is 1. The molecule has 0 N–H and O–H groups in total. The van der Waals surface area contributed by atoms with Gasteiger partial charge in [-0.2, -0.15) is 0 Å². The Hall–Kier alpha value is -0.850. The van der Waals surface area contributed by atoms with Crippen LogP contribution in [0.3, 0.4) is 0 Å². The molecule has 1 aliphatic rings. The third kappa shape index (κ3) is 2.39. The van der Waals surface area contributed by atoms with Gasteiger partial charge in [-0.05, 0) is 36.8 Å². The highest BCUT2D eigenvalue weighted by molar-refractivity contribution is 5.32. The van der Waals surface area contributed by atoms with Gasteiger partial charge in [-0.3, -0.25) is 0 Å². The van der Waals surface area contributed by atoms with E-state index in [1.807, 2.05) is 18.2 Å². The molecule has 1 aromatic rings. The molecular weight excluding hydrogens is 187 g/mol. The van der Waals surface area contributed by atoms with Crippen LogP contribution in [0.4, 0.5) is 4.39 Å². The maximum atomic E-state index is 13.4. The van der Waals surface area contributed by atoms with Gasteiger partial charge >= 0.3 is 0 Å². The fourth-order valence-corrected chi connectivity index (χ4v) is 2.66. The summed E-state index contributed by atoms with van der Waals surface area (Å²) in [6, 6.07) is 8.03. The predicted molar refractivity (Wildman–Crippen MR) is 61.8 cm³/mol. The van der Waals surface area contributed by atoms with Crippen molar-refractivity contribution in [1.29, 1.82) is 0 Å². The summed E-state index contributed by atoms with van der Waals surface area (Å²) in [5, 5.41) is 0. The van der Waals surface area contributed by atoms with Crippen molar-refractivity contribution in [3.8, 4) is 0 Å². The topological polar surface area (TPSA) is 0 Å². The van der Waals surface area contributed by atoms with Gasteiger partial charge in [0.1, 0.15) is 6.17 Å². The maximum absolute atomic E-state index is 13.4. The summed E-state index contributed by atoms with van der Waals surface area (Å²) in [6.07, 6.45) is 5.61. The van der Waals surface area contributed by atoms with Crippen LogP contribution in [0.5, 0.6) is 0 Å². The Kier molecular flexibility index (Phi) is 3.40. The lowest BCUT2D eigenvalue weighted by Crippen LogP contribution is -2.07. The highest BCUT2D eigenvalue weighted by Crippen LogP contribution is 2.36. The molecule has 1 aliphatic carbocycles. The molecule has 0 radical (unpaired) electrons. The van der Waals surface area contributed by atoms with Crippen molar-refractivity contribution in [2.45, 2.75) is 51.1 Å². The van der Waals surface area contributed by atoms with Crippen LogP contribution in [0.15, 0.2) is 24.3 Å². The molecule has 15 heavy (non-hydrogen) atoms. The minimum absolute atomic E-state index is 0.605. The molecule has 0 nitrogen and oxygen atoms in total. The van der Waals surface area contributed by atoms with Crippen LogP contribution < -0.4 is 0 Å². The van der Waals surface area contributed by atoms with Gasteiger partial charge in [0.15, 0.2) is 0 Å². The van der Waals surface area contributed by atoms with Gasteiger partial charge in [-0.25, -0.2) is 4.39 Å². The fourth-order valence-electron chi connectivity index (χ4n) is 2.66. The number of hydrogen-bond acceptors (Lipinski definition) is 0. The van der Waals surface area contributed by atoms with E-state index < -0.39 is 6.17 Å². The Morgan fingerprint density at radius 1 is 1.13 bits per heavy atom. The van der Waals surface area contributed by atoms with E-state index in [0.29, 0.717) is 5.92 Å². The lowest BCUT2D eigenvalue weighted by Gasteiger charge is -2.24. The minimum Gasteiger partial charge on any atom is -0.243 e. The summed E-state index contributed by atoms with van der Waals surface area (Å²) in [5.41, 5.74) is 2.16. The van der Waals surface area contributed by atoms with Crippen LogP contribution in [0.1, 0.15) is 62.2 Å². The number of alkyl halides is 1. The second kappa shape index (κ2) is 4.78. The van der Waals surface area contributed by atoms with Gasteiger partial charge in [0.05, 0.1) is 0 Å². The molecular formula is C14H19F. The van der Waals surface area contributed by atoms with E-state index in [1.165, 1.54) is 37.7 Å². The van der Waals surface area contributed by atoms with Crippen LogP contribution in [0, 0.1) is 0 Å². The van der Waals surface area contributed by atoms with E-state index in [4.69, 9.17) is 0 Å². The smallest absolute Gasteiger partial charge is 0.123 e. The normalized spacial score (nSPS) is 20.1. The Balaban J connectivity index is 2.25. The van der Waals surface area contributed by atoms with Crippen molar-refractivity contribution in [3.05, 3.63) is 35.4 Å². The average Bonchev–Trinajstić information content (AvgIpc) is 2.30. The van der Waals surface area contributed by atoms with E-state index in [1.54, 1.807) is 6.92 Å². The number of rotatable bonds is 2. The Morgan fingerprint density at radius 2 is 1.80 bits per heavy atom. The first-order valence-corrected chi connectivity index (χ1v) is 6.02. The molecule has 82 valence electrons. The van der Waals surface area contributed by atoms with Gasteiger partial charge in [0.25, 0.3) is 0 Å². The van der Waals surface area contributed by atoms with Crippen LogP contribution in [-0.4, -0.2) is 0 Å². The second-order valence-corrected chi connectivity index (χ2v) is 4.58. The van der Waals surface area contributed by atoms with Crippen LogP contribution >= 0.6 is 0 Å². The lowest BCUT2D eigenvalue weighted by molar-refractivity contribution is 0.364. The van der Waals surface area contributed by atoms with E-state index in [2.05, 4.69) is 6.07 Å². The molecule has 0 amide bonds. The van der Waals surface area contributed by atoms with Gasteiger partial charge in [-0.1, -0.05) is 43.5 Å². The number of hydrogen-bond donors (Lipinski definition) is 0. The third-order valence-corrected chi connectivity index (χ3v) is 3.47. The first-order valence-electron chi connectivity index (χ1n) is 6.02. The Labute approximate surface area is 91.5 Å². The monoisotopic (exact) mass is 206 g/mol. The van der Waals surface area contributed by atoms with E-state index in [9.17, 15) is 4.39 Å². The summed E-state index contributed by atoms with van der Waals surface area (Å²) in [5.74, 6) is 0.605. The first kappa shape index (κ1) is 10.7. The largest absolute Gasteiger partial charge is 0.243 e. The fraction of sp³-hybridized carbons (Fsp3) is 0.571. The molecule has 1 unspecified atom stereocenters. The molecule has 0 aliphatic heterocycles. The van der Waals surface area contributed by atoms with E-state index in [-0.39, 0.29) is 0 Å². The van der Waals surface area contributed by atoms with Crippen molar-refractivity contribution in [3.63, 3.8) is 0 Å². The Bertz CT molecular complexity index is 311. The third-order valence-electron chi connectivity index (χ3n) is 3.47. The summed E-state index contributed by atoms with van der Waals surface area (Å²) < 4.78 is 13.4. The van der Waals surface area contributed by atoms with Crippen LogP contribution in [0.25, 0.3) is 0 Å². The zero-order chi connectivity index (χ0) is 10.7. The maximum Gasteiger partial charge on any atom is 0.123 e. The molecule has 0 bridgehead atoms. The summed E-state index contributed by atoms with van der Waals surface area (Å²) in [4.78, 5) is 0. The molecule has 0 saturated heterocycles. The predicted octanol–water partition coefficient (Wildman–Crippen LogP) is 4.76. The molecule has 1 atom stereocenters. The molecule has 1 saturated carbocycles. The highest BCUT2D eigenvalue weighted by Gasteiger charge is 2.19. The molecule has 0 spiro atoms. The summed E-state index contributed by atoms with van der Waals surface area (Å²) >= 11 is 0. The van der Waals surface area contributed by atoms with Crippen molar-refractivity contribution < 1.29 is 4.39 Å². The molecule has 1 fully saturated rings. The molecule has 2 rings (SSSR count). The molecule has 0 heterocycles. The lowest BCUT2D eigenvalue weighted by atomic mass is 9.81. The Morgan fingerprint density at radius 3 is 2.47 bits per heavy atom. The quantitative estimate of drug-likeness (QED) is 0.654. The van der Waals surface area contributed by atoms with E-state index >= 15 is 0 Å². The van der Waals surface area contributed by atoms with Gasteiger partial charge in [0.2, 0.25) is 0 Å². The van der Waals surface area contributed by atoms with Crippen molar-refractivity contribution in [2.75, 3.05) is 0 Å². The zero-order valence-electron chi connectivity index (χ0n) is 9.38.